The van der Waals surface area contributed by atoms with Gasteiger partial charge in [0.1, 0.15) is 16.1 Å². The highest BCUT2D eigenvalue weighted by Gasteiger charge is 2.42. The smallest absolute Gasteiger partial charge is 0.125 e. The second kappa shape index (κ2) is 9.72. The lowest BCUT2D eigenvalue weighted by Gasteiger charge is -2.36. The zero-order valence-corrected chi connectivity index (χ0v) is 23.1. The number of nitrogens with zero attached hydrogens (tertiary/aromatic N) is 1. The van der Waals surface area contributed by atoms with E-state index in [1.54, 1.807) is 0 Å². The summed E-state index contributed by atoms with van der Waals surface area (Å²) >= 11 is 0. The van der Waals surface area contributed by atoms with Gasteiger partial charge >= 0.3 is 0 Å². The van der Waals surface area contributed by atoms with E-state index >= 15 is 0 Å². The van der Waals surface area contributed by atoms with Crippen molar-refractivity contribution in [3.05, 3.63) is 90.0 Å². The van der Waals surface area contributed by atoms with Crippen molar-refractivity contribution in [3.63, 3.8) is 0 Å². The average molecular weight is 458 g/mol. The van der Waals surface area contributed by atoms with Crippen molar-refractivity contribution in [1.29, 1.82) is 0 Å². The highest BCUT2D eigenvalue weighted by Crippen LogP contribution is 2.36. The number of aliphatic imine (C=N–C) groups is 1. The summed E-state index contributed by atoms with van der Waals surface area (Å²) in [6.45, 7) is 19.1. The maximum Gasteiger partial charge on any atom is 0.125 e. The van der Waals surface area contributed by atoms with Gasteiger partial charge in [0.15, 0.2) is 0 Å². The molecule has 0 saturated carbocycles. The maximum absolute atomic E-state index is 5.74. The summed E-state index contributed by atoms with van der Waals surface area (Å²) in [5.41, 5.74) is 3.95. The van der Waals surface area contributed by atoms with Crippen LogP contribution in [0.25, 0.3) is 0 Å². The summed E-state index contributed by atoms with van der Waals surface area (Å²) in [7, 11) is -4.03. The first-order valence-corrected chi connectivity index (χ1v) is 17.9. The van der Waals surface area contributed by atoms with Crippen molar-refractivity contribution in [1.82, 2.24) is 0 Å². The molecular formula is C29H39NSi2. The molecule has 3 aromatic rings. The third-order valence-corrected chi connectivity index (χ3v) is 16.6. The van der Waals surface area contributed by atoms with Crippen LogP contribution in [0.2, 0.25) is 26.2 Å². The SMILES string of the molecule is CC(C)c1cccc(C(C)C)c1N=C([Si](C)(C)c1ccccc1)[Si](C)(C)c1ccccc1. The molecule has 0 bridgehead atoms. The Morgan fingerprint density at radius 1 is 0.562 bits per heavy atom. The lowest BCUT2D eigenvalue weighted by Crippen LogP contribution is -2.64. The molecule has 168 valence electrons. The molecule has 0 aliphatic carbocycles. The van der Waals surface area contributed by atoms with Gasteiger partial charge in [-0.1, -0.05) is 143 Å². The van der Waals surface area contributed by atoms with Crippen molar-refractivity contribution in [2.24, 2.45) is 4.99 Å². The molecule has 0 fully saturated rings. The van der Waals surface area contributed by atoms with E-state index in [9.17, 15) is 0 Å². The van der Waals surface area contributed by atoms with E-state index in [4.69, 9.17) is 4.99 Å². The Hall–Kier alpha value is -2.24. The highest BCUT2D eigenvalue weighted by atomic mass is 28.4. The average Bonchev–Trinajstić information content (AvgIpc) is 2.78. The van der Waals surface area contributed by atoms with Crippen LogP contribution < -0.4 is 10.4 Å². The molecule has 3 rings (SSSR count). The summed E-state index contributed by atoms with van der Waals surface area (Å²) in [6, 6.07) is 29.0. The van der Waals surface area contributed by atoms with E-state index in [1.807, 2.05) is 0 Å². The molecule has 0 radical (unpaired) electrons. The molecule has 32 heavy (non-hydrogen) atoms. The summed E-state index contributed by atoms with van der Waals surface area (Å²) in [5.74, 6) is 0.883. The van der Waals surface area contributed by atoms with Crippen LogP contribution in [0.15, 0.2) is 83.9 Å². The van der Waals surface area contributed by atoms with Crippen molar-refractivity contribution >= 4 is 37.2 Å². The maximum atomic E-state index is 5.74. The van der Waals surface area contributed by atoms with E-state index in [1.165, 1.54) is 32.1 Å². The predicted octanol–water partition coefficient (Wildman–Crippen LogP) is 7.32. The Morgan fingerprint density at radius 2 is 0.938 bits per heavy atom. The van der Waals surface area contributed by atoms with E-state index in [-0.39, 0.29) is 0 Å². The Kier molecular flexibility index (Phi) is 7.41. The van der Waals surface area contributed by atoms with Gasteiger partial charge in [-0.25, -0.2) is 0 Å². The lowest BCUT2D eigenvalue weighted by molar-refractivity contribution is 0.835. The Labute approximate surface area is 197 Å². The summed E-state index contributed by atoms with van der Waals surface area (Å²) in [6.07, 6.45) is 0. The molecule has 0 spiro atoms. The quantitative estimate of drug-likeness (QED) is 0.260. The first-order valence-electron chi connectivity index (χ1n) is 11.9. The van der Waals surface area contributed by atoms with E-state index in [0.29, 0.717) is 11.8 Å². The monoisotopic (exact) mass is 457 g/mol. The minimum atomic E-state index is -2.01. The molecule has 1 nitrogen and oxygen atoms in total. The molecule has 3 heteroatoms. The third kappa shape index (κ3) is 4.89. The molecule has 0 aliphatic heterocycles. The molecule has 0 amide bonds. The largest absolute Gasteiger partial charge is 0.265 e. The number of benzene rings is 3. The van der Waals surface area contributed by atoms with Crippen molar-refractivity contribution in [3.8, 4) is 0 Å². The standard InChI is InChI=1S/C29H39NSi2/c1-22(2)26-20-15-21-27(23(3)4)28(26)30-29(31(5,6)24-16-11-9-12-17-24)32(7,8)25-18-13-10-14-19-25/h9-23H,1-8H3. The van der Waals surface area contributed by atoms with Gasteiger partial charge in [-0.05, 0) is 27.9 Å². The number of rotatable bonds is 7. The molecule has 0 saturated heterocycles. The molecule has 0 aliphatic rings. The van der Waals surface area contributed by atoms with Gasteiger partial charge in [0.05, 0.1) is 5.69 Å². The topological polar surface area (TPSA) is 12.4 Å². The van der Waals surface area contributed by atoms with E-state index < -0.39 is 16.1 Å². The number of hydrogen-bond acceptors (Lipinski definition) is 1. The van der Waals surface area contributed by atoms with Crippen LogP contribution in [0.5, 0.6) is 0 Å². The summed E-state index contributed by atoms with van der Waals surface area (Å²) in [4.78, 5) is 7.21. The zero-order chi connectivity index (χ0) is 23.5. The third-order valence-electron chi connectivity index (χ3n) is 6.74. The Morgan fingerprint density at radius 3 is 1.28 bits per heavy atom. The summed E-state index contributed by atoms with van der Waals surface area (Å²) in [5, 5.41) is 2.92. The molecular weight excluding hydrogens is 418 g/mol. The first-order chi connectivity index (χ1) is 15.1. The van der Waals surface area contributed by atoms with Gasteiger partial charge in [0, 0.05) is 0 Å². The van der Waals surface area contributed by atoms with Crippen LogP contribution in [0.4, 0.5) is 5.69 Å². The normalized spacial score (nSPS) is 12.3. The fraction of sp³-hybridized carbons (Fsp3) is 0.345. The van der Waals surface area contributed by atoms with E-state index in [2.05, 4.69) is 133 Å². The minimum absolute atomic E-state index is 0.441. The number of para-hydroxylation sites is 1. The van der Waals surface area contributed by atoms with Gasteiger partial charge in [0.25, 0.3) is 0 Å². The second-order valence-electron chi connectivity index (χ2n) is 10.5. The molecule has 0 aromatic heterocycles. The van der Waals surface area contributed by atoms with Gasteiger partial charge in [0.2, 0.25) is 0 Å². The lowest BCUT2D eigenvalue weighted by atomic mass is 9.93. The van der Waals surface area contributed by atoms with Crippen molar-refractivity contribution in [2.45, 2.75) is 65.7 Å². The second-order valence-corrected chi connectivity index (χ2v) is 19.6. The van der Waals surface area contributed by atoms with Crippen LogP contribution >= 0.6 is 0 Å². The highest BCUT2D eigenvalue weighted by molar-refractivity contribution is 7.40. The molecule has 3 aromatic carbocycles. The predicted molar refractivity (Wildman–Crippen MR) is 149 cm³/mol. The molecule has 0 heterocycles. The van der Waals surface area contributed by atoms with Crippen LogP contribution in [-0.4, -0.2) is 21.1 Å². The van der Waals surface area contributed by atoms with Crippen molar-refractivity contribution in [2.75, 3.05) is 0 Å². The van der Waals surface area contributed by atoms with Gasteiger partial charge in [-0.3, -0.25) is 4.99 Å². The summed E-state index contributed by atoms with van der Waals surface area (Å²) < 4.78 is 0. The van der Waals surface area contributed by atoms with Gasteiger partial charge in [-0.2, -0.15) is 0 Å². The fourth-order valence-electron chi connectivity index (χ4n) is 4.80. The van der Waals surface area contributed by atoms with Crippen LogP contribution in [0.3, 0.4) is 0 Å². The van der Waals surface area contributed by atoms with Crippen LogP contribution in [0, 0.1) is 0 Å². The van der Waals surface area contributed by atoms with Gasteiger partial charge < -0.3 is 0 Å². The first kappa shape index (κ1) is 24.4. The minimum Gasteiger partial charge on any atom is -0.265 e. The Balaban J connectivity index is 2.36. The van der Waals surface area contributed by atoms with Crippen molar-refractivity contribution < 1.29 is 0 Å². The molecule has 0 atom stereocenters. The number of hydrogen-bond donors (Lipinski definition) is 0. The molecule has 0 unspecified atom stereocenters. The van der Waals surface area contributed by atoms with Gasteiger partial charge in [-0.15, -0.1) is 0 Å². The fourth-order valence-corrected chi connectivity index (χ4v) is 15.3. The van der Waals surface area contributed by atoms with Crippen LogP contribution in [-0.2, 0) is 0 Å². The molecule has 0 N–H and O–H groups in total. The zero-order valence-electron chi connectivity index (χ0n) is 21.1. The Bertz CT molecular complexity index is 985. The van der Waals surface area contributed by atoms with Crippen LogP contribution in [0.1, 0.15) is 50.7 Å². The van der Waals surface area contributed by atoms with E-state index in [0.717, 1.165) is 0 Å².